The van der Waals surface area contributed by atoms with Gasteiger partial charge in [-0.2, -0.15) is 0 Å². The van der Waals surface area contributed by atoms with Crippen LogP contribution in [0.4, 0.5) is 9.18 Å². The van der Waals surface area contributed by atoms with E-state index in [-0.39, 0.29) is 12.0 Å². The minimum absolute atomic E-state index is 0.190. The molecule has 1 aromatic carbocycles. The Labute approximate surface area is 171 Å². The van der Waals surface area contributed by atoms with Crippen molar-refractivity contribution in [1.82, 2.24) is 14.8 Å². The number of aromatic nitrogens is 1. The van der Waals surface area contributed by atoms with E-state index < -0.39 is 5.82 Å². The molecule has 0 N–H and O–H groups in total. The van der Waals surface area contributed by atoms with Gasteiger partial charge in [0, 0.05) is 31.6 Å². The van der Waals surface area contributed by atoms with E-state index >= 15 is 0 Å². The lowest BCUT2D eigenvalue weighted by molar-refractivity contribution is 0.0572. The van der Waals surface area contributed by atoms with E-state index in [1.54, 1.807) is 28.9 Å². The predicted octanol–water partition coefficient (Wildman–Crippen LogP) is 4.02. The summed E-state index contributed by atoms with van der Waals surface area (Å²) in [7, 11) is 0. The summed E-state index contributed by atoms with van der Waals surface area (Å²) in [5.74, 6) is -0.603. The molecule has 0 bridgehead atoms. The number of hydrogen-bond donors (Lipinski definition) is 0. The molecule has 1 fully saturated rings. The highest BCUT2D eigenvalue weighted by Gasteiger charge is 2.27. The van der Waals surface area contributed by atoms with Crippen LogP contribution in [0.3, 0.4) is 0 Å². The largest absolute Gasteiger partial charge is 0.450 e. The van der Waals surface area contributed by atoms with Crippen LogP contribution in [0.5, 0.6) is 0 Å². The number of halogens is 1. The number of benzene rings is 1. The lowest BCUT2D eigenvalue weighted by atomic mass is 10.0. The molecule has 150 valence electrons. The number of hydrogen-bond acceptors (Lipinski definition) is 5. The highest BCUT2D eigenvalue weighted by atomic mass is 32.1. The Hall–Kier alpha value is -3.00. The molecule has 6 nitrogen and oxygen atoms in total. The van der Waals surface area contributed by atoms with Gasteiger partial charge < -0.3 is 14.5 Å². The number of carbonyl (C=O) groups is 2. The van der Waals surface area contributed by atoms with Gasteiger partial charge in [-0.15, -0.1) is 11.3 Å². The van der Waals surface area contributed by atoms with E-state index in [9.17, 15) is 14.0 Å². The highest BCUT2D eigenvalue weighted by molar-refractivity contribution is 7.13. The molecule has 2 aromatic heterocycles. The van der Waals surface area contributed by atoms with Crippen LogP contribution in [0.1, 0.15) is 17.3 Å². The molecule has 0 spiro atoms. The Balaban J connectivity index is 1.65. The second-order valence-electron chi connectivity index (χ2n) is 6.67. The molecule has 0 atom stereocenters. The lowest BCUT2D eigenvalue weighted by Crippen LogP contribution is -2.50. The fourth-order valence-corrected chi connectivity index (χ4v) is 4.09. The molecule has 1 aliphatic heterocycles. The molecule has 1 aliphatic rings. The highest BCUT2D eigenvalue weighted by Crippen LogP contribution is 2.29. The number of piperazine rings is 1. The second-order valence-corrected chi connectivity index (χ2v) is 7.62. The number of pyridine rings is 1. The summed E-state index contributed by atoms with van der Waals surface area (Å²) in [4.78, 5) is 34.0. The van der Waals surface area contributed by atoms with Crippen LogP contribution in [-0.4, -0.2) is 59.6 Å². The van der Waals surface area contributed by atoms with Gasteiger partial charge in [0.05, 0.1) is 28.3 Å². The van der Waals surface area contributed by atoms with Crippen molar-refractivity contribution in [2.45, 2.75) is 6.92 Å². The molecule has 0 unspecified atom stereocenters. The van der Waals surface area contributed by atoms with Gasteiger partial charge >= 0.3 is 6.09 Å². The fourth-order valence-electron chi connectivity index (χ4n) is 3.40. The zero-order valence-corrected chi connectivity index (χ0v) is 16.7. The van der Waals surface area contributed by atoms with Crippen molar-refractivity contribution >= 4 is 34.2 Å². The summed E-state index contributed by atoms with van der Waals surface area (Å²) in [5, 5.41) is 2.44. The average Bonchev–Trinajstić information content (AvgIpc) is 3.28. The predicted molar refractivity (Wildman–Crippen MR) is 110 cm³/mol. The van der Waals surface area contributed by atoms with E-state index in [0.717, 1.165) is 4.88 Å². The topological polar surface area (TPSA) is 62.7 Å². The van der Waals surface area contributed by atoms with E-state index in [2.05, 4.69) is 4.98 Å². The Bertz CT molecular complexity index is 1050. The number of fused-ring (bicyclic) bond motifs is 1. The van der Waals surface area contributed by atoms with Crippen LogP contribution in [0, 0.1) is 5.82 Å². The molecule has 29 heavy (non-hydrogen) atoms. The first-order chi connectivity index (χ1) is 14.1. The first-order valence-corrected chi connectivity index (χ1v) is 10.3. The minimum Gasteiger partial charge on any atom is -0.450 e. The van der Waals surface area contributed by atoms with Gasteiger partial charge in [0.25, 0.3) is 5.91 Å². The maximum absolute atomic E-state index is 13.9. The summed E-state index contributed by atoms with van der Waals surface area (Å²) >= 11 is 1.53. The zero-order chi connectivity index (χ0) is 20.4. The SMILES string of the molecule is CCOC(=O)N1CCN(C(=O)c2cc(-c3cccs3)nc3ccc(F)cc23)CC1. The van der Waals surface area contributed by atoms with E-state index in [1.807, 2.05) is 17.5 Å². The van der Waals surface area contributed by atoms with Gasteiger partial charge in [-0.3, -0.25) is 4.79 Å². The van der Waals surface area contributed by atoms with Crippen LogP contribution in [0.15, 0.2) is 41.8 Å². The van der Waals surface area contributed by atoms with Crippen LogP contribution in [-0.2, 0) is 4.74 Å². The van der Waals surface area contributed by atoms with Crippen molar-refractivity contribution in [3.8, 4) is 10.6 Å². The van der Waals surface area contributed by atoms with Crippen molar-refractivity contribution in [2.75, 3.05) is 32.8 Å². The smallest absolute Gasteiger partial charge is 0.409 e. The number of amides is 2. The normalized spacial score (nSPS) is 14.3. The Morgan fingerprint density at radius 2 is 1.90 bits per heavy atom. The number of rotatable bonds is 3. The van der Waals surface area contributed by atoms with Gasteiger partial charge in [-0.25, -0.2) is 14.2 Å². The van der Waals surface area contributed by atoms with Gasteiger partial charge in [0.1, 0.15) is 5.82 Å². The molecular formula is C21H20FN3O3S. The molecular weight excluding hydrogens is 393 g/mol. The molecule has 1 saturated heterocycles. The minimum atomic E-state index is -0.413. The Morgan fingerprint density at radius 1 is 1.14 bits per heavy atom. The standard InChI is InChI=1S/C21H20FN3O3S/c1-2-28-21(27)25-9-7-24(8-10-25)20(26)16-13-18(19-4-3-11-29-19)23-17-6-5-14(22)12-15(16)17/h3-6,11-13H,2,7-10H2,1H3. The van der Waals surface area contributed by atoms with Gasteiger partial charge in [-0.05, 0) is 42.6 Å². The van der Waals surface area contributed by atoms with Crippen LogP contribution in [0.25, 0.3) is 21.5 Å². The Kier molecular flexibility index (Phi) is 5.44. The fraction of sp³-hybridized carbons (Fsp3) is 0.286. The van der Waals surface area contributed by atoms with Crippen LogP contribution in [0.2, 0.25) is 0 Å². The Morgan fingerprint density at radius 3 is 2.59 bits per heavy atom. The lowest BCUT2D eigenvalue weighted by Gasteiger charge is -2.34. The molecule has 0 aliphatic carbocycles. The third-order valence-electron chi connectivity index (χ3n) is 4.87. The van der Waals surface area contributed by atoms with Gasteiger partial charge in [-0.1, -0.05) is 6.07 Å². The zero-order valence-electron chi connectivity index (χ0n) is 15.9. The number of nitrogens with zero attached hydrogens (tertiary/aromatic N) is 3. The van der Waals surface area contributed by atoms with E-state index in [0.29, 0.717) is 54.9 Å². The quantitative estimate of drug-likeness (QED) is 0.651. The third kappa shape index (κ3) is 3.93. The first-order valence-electron chi connectivity index (χ1n) is 9.42. The molecule has 4 rings (SSSR count). The summed E-state index contributed by atoms with van der Waals surface area (Å²) in [6.07, 6.45) is -0.365. The van der Waals surface area contributed by atoms with Crippen molar-refractivity contribution in [2.24, 2.45) is 0 Å². The van der Waals surface area contributed by atoms with Gasteiger partial charge in [0.15, 0.2) is 0 Å². The third-order valence-corrected chi connectivity index (χ3v) is 5.76. The van der Waals surface area contributed by atoms with Crippen molar-refractivity contribution < 1.29 is 18.7 Å². The summed E-state index contributed by atoms with van der Waals surface area (Å²) < 4.78 is 18.9. The summed E-state index contributed by atoms with van der Waals surface area (Å²) in [6, 6.07) is 9.88. The second kappa shape index (κ2) is 8.16. The van der Waals surface area contributed by atoms with Crippen molar-refractivity contribution in [1.29, 1.82) is 0 Å². The monoisotopic (exact) mass is 413 g/mol. The van der Waals surface area contributed by atoms with Crippen LogP contribution >= 0.6 is 11.3 Å². The van der Waals surface area contributed by atoms with E-state index in [1.165, 1.54) is 23.5 Å². The van der Waals surface area contributed by atoms with Gasteiger partial charge in [0.2, 0.25) is 0 Å². The molecule has 0 saturated carbocycles. The summed E-state index contributed by atoms with van der Waals surface area (Å²) in [5.41, 5.74) is 1.68. The molecule has 2 amide bonds. The number of thiophene rings is 1. The summed E-state index contributed by atoms with van der Waals surface area (Å²) in [6.45, 7) is 3.67. The number of carbonyl (C=O) groups excluding carboxylic acids is 2. The van der Waals surface area contributed by atoms with Crippen molar-refractivity contribution in [3.63, 3.8) is 0 Å². The maximum Gasteiger partial charge on any atom is 0.409 e. The number of ether oxygens (including phenoxy) is 1. The van der Waals surface area contributed by atoms with Crippen LogP contribution < -0.4 is 0 Å². The first kappa shape index (κ1) is 19.3. The molecule has 8 heteroatoms. The van der Waals surface area contributed by atoms with Crippen molar-refractivity contribution in [3.05, 3.63) is 53.2 Å². The molecule has 3 aromatic rings. The average molecular weight is 413 g/mol. The molecule has 3 heterocycles. The van der Waals surface area contributed by atoms with E-state index in [4.69, 9.17) is 4.74 Å². The molecule has 0 radical (unpaired) electrons. The maximum atomic E-state index is 13.9.